The molecule has 1 fully saturated rings. The Morgan fingerprint density at radius 1 is 1.36 bits per heavy atom. The van der Waals surface area contributed by atoms with Gasteiger partial charge in [-0.05, 0) is 30.4 Å². The van der Waals surface area contributed by atoms with Crippen LogP contribution in [-0.2, 0) is 4.79 Å². The summed E-state index contributed by atoms with van der Waals surface area (Å²) in [5.41, 5.74) is 1.93. The maximum absolute atomic E-state index is 12.4. The Hall–Kier alpha value is -2.02. The first-order valence-corrected chi connectivity index (χ1v) is 9.86. The monoisotopic (exact) mass is 357 g/mol. The van der Waals surface area contributed by atoms with Crippen molar-refractivity contribution >= 4 is 34.5 Å². The molecule has 3 atom stereocenters. The molecule has 132 valence electrons. The summed E-state index contributed by atoms with van der Waals surface area (Å²) in [6.45, 7) is 4.53. The number of para-hydroxylation sites is 2. The van der Waals surface area contributed by atoms with Gasteiger partial charge in [0.25, 0.3) is 0 Å². The largest absolute Gasteiger partial charge is 0.352 e. The average molecular weight is 357 g/mol. The van der Waals surface area contributed by atoms with Gasteiger partial charge >= 0.3 is 0 Å². The lowest BCUT2D eigenvalue weighted by molar-refractivity contribution is -0.120. The Morgan fingerprint density at radius 2 is 2.20 bits per heavy atom. The summed E-state index contributed by atoms with van der Waals surface area (Å²) in [5.74, 6) is 2.37. The number of rotatable bonds is 4. The molecule has 7 heteroatoms. The normalized spacial score (nSPS) is 24.0. The van der Waals surface area contributed by atoms with Crippen molar-refractivity contribution in [2.75, 3.05) is 5.75 Å². The van der Waals surface area contributed by atoms with E-state index < -0.39 is 0 Å². The zero-order valence-corrected chi connectivity index (χ0v) is 15.3. The van der Waals surface area contributed by atoms with E-state index in [0.717, 1.165) is 22.6 Å². The van der Waals surface area contributed by atoms with Gasteiger partial charge in [0.2, 0.25) is 11.7 Å². The van der Waals surface area contributed by atoms with Gasteiger partial charge in [-0.3, -0.25) is 9.20 Å². The number of hydrogen-bond donors (Lipinski definition) is 2. The number of hydrogen-bond acceptors (Lipinski definition) is 4. The molecule has 4 rings (SSSR count). The van der Waals surface area contributed by atoms with Gasteiger partial charge in [0.05, 0.1) is 16.8 Å². The predicted molar refractivity (Wildman–Crippen MR) is 99.7 cm³/mol. The van der Waals surface area contributed by atoms with Gasteiger partial charge in [-0.15, -0.1) is 5.10 Å². The molecular formula is C18H23N5OS. The highest BCUT2D eigenvalue weighted by Gasteiger charge is 2.28. The molecule has 1 aliphatic carbocycles. The van der Waals surface area contributed by atoms with E-state index in [1.807, 2.05) is 28.7 Å². The number of amides is 1. The van der Waals surface area contributed by atoms with E-state index in [1.165, 1.54) is 24.6 Å². The van der Waals surface area contributed by atoms with Gasteiger partial charge in [-0.1, -0.05) is 50.6 Å². The number of carbonyl (C=O) groups excluding carboxylic acids is 1. The maximum Gasteiger partial charge on any atom is 0.231 e. The molecule has 1 saturated carbocycles. The molecule has 2 heterocycles. The smallest absolute Gasteiger partial charge is 0.231 e. The van der Waals surface area contributed by atoms with Crippen LogP contribution < -0.4 is 5.32 Å². The van der Waals surface area contributed by atoms with Crippen LogP contribution in [0.15, 0.2) is 29.4 Å². The van der Waals surface area contributed by atoms with Gasteiger partial charge < -0.3 is 5.32 Å². The van der Waals surface area contributed by atoms with E-state index in [1.54, 1.807) is 0 Å². The fourth-order valence-electron chi connectivity index (χ4n) is 3.70. The van der Waals surface area contributed by atoms with Crippen LogP contribution in [0.1, 0.15) is 33.1 Å². The molecule has 1 amide bonds. The number of nitrogens with one attached hydrogen (secondary N) is 2. The van der Waals surface area contributed by atoms with Crippen LogP contribution >= 0.6 is 11.8 Å². The minimum absolute atomic E-state index is 0.0801. The van der Waals surface area contributed by atoms with Crippen LogP contribution in [0.2, 0.25) is 0 Å². The first-order valence-electron chi connectivity index (χ1n) is 8.87. The molecule has 1 aromatic carbocycles. The topological polar surface area (TPSA) is 75.1 Å². The Morgan fingerprint density at radius 3 is 3.08 bits per heavy atom. The summed E-state index contributed by atoms with van der Waals surface area (Å²) < 4.78 is 1.97. The molecule has 1 aliphatic rings. The number of aromatic amines is 1. The van der Waals surface area contributed by atoms with Gasteiger partial charge in [0.1, 0.15) is 0 Å². The van der Waals surface area contributed by atoms with Crippen molar-refractivity contribution in [3.05, 3.63) is 24.3 Å². The first-order chi connectivity index (χ1) is 12.1. The molecule has 2 aromatic heterocycles. The number of imidazole rings is 1. The Balaban J connectivity index is 1.44. The number of carbonyl (C=O) groups is 1. The van der Waals surface area contributed by atoms with Gasteiger partial charge in [0.15, 0.2) is 5.16 Å². The van der Waals surface area contributed by atoms with Crippen LogP contribution in [0.3, 0.4) is 0 Å². The van der Waals surface area contributed by atoms with E-state index in [9.17, 15) is 4.79 Å². The second kappa shape index (κ2) is 6.71. The summed E-state index contributed by atoms with van der Waals surface area (Å²) in [7, 11) is 0. The van der Waals surface area contributed by atoms with Crippen LogP contribution in [0.25, 0.3) is 16.8 Å². The molecule has 0 spiro atoms. The third-order valence-corrected chi connectivity index (χ3v) is 6.33. The number of thioether (sulfide) groups is 1. The molecule has 25 heavy (non-hydrogen) atoms. The second-order valence-corrected chi connectivity index (χ2v) is 7.94. The number of H-pyrrole nitrogens is 1. The van der Waals surface area contributed by atoms with E-state index >= 15 is 0 Å². The lowest BCUT2D eigenvalue weighted by Crippen LogP contribution is -2.44. The summed E-state index contributed by atoms with van der Waals surface area (Å²) >= 11 is 1.44. The second-order valence-electron chi connectivity index (χ2n) is 7.00. The Labute approximate surface area is 150 Å². The van der Waals surface area contributed by atoms with Crippen molar-refractivity contribution in [1.29, 1.82) is 0 Å². The van der Waals surface area contributed by atoms with Gasteiger partial charge in [0, 0.05) is 6.04 Å². The molecule has 0 radical (unpaired) electrons. The highest BCUT2D eigenvalue weighted by Crippen LogP contribution is 2.29. The summed E-state index contributed by atoms with van der Waals surface area (Å²) in [6.07, 6.45) is 3.55. The summed E-state index contributed by atoms with van der Waals surface area (Å²) in [4.78, 5) is 16.9. The predicted octanol–water partition coefficient (Wildman–Crippen LogP) is 3.24. The van der Waals surface area contributed by atoms with E-state index in [0.29, 0.717) is 29.4 Å². The average Bonchev–Trinajstić information content (AvgIpc) is 3.16. The van der Waals surface area contributed by atoms with Gasteiger partial charge in [-0.2, -0.15) is 0 Å². The van der Waals surface area contributed by atoms with Crippen molar-refractivity contribution in [1.82, 2.24) is 24.9 Å². The van der Waals surface area contributed by atoms with Crippen molar-refractivity contribution in [2.45, 2.75) is 44.3 Å². The quantitative estimate of drug-likeness (QED) is 0.703. The number of aromatic nitrogens is 4. The molecule has 6 nitrogen and oxygen atoms in total. The van der Waals surface area contributed by atoms with Crippen molar-refractivity contribution in [2.24, 2.45) is 11.8 Å². The van der Waals surface area contributed by atoms with Crippen molar-refractivity contribution in [3.8, 4) is 0 Å². The van der Waals surface area contributed by atoms with E-state index in [4.69, 9.17) is 0 Å². The molecule has 0 unspecified atom stereocenters. The zero-order valence-electron chi connectivity index (χ0n) is 14.5. The number of nitrogens with zero attached hydrogens (tertiary/aromatic N) is 3. The molecule has 0 saturated heterocycles. The lowest BCUT2D eigenvalue weighted by atomic mass is 9.78. The third-order valence-electron chi connectivity index (χ3n) is 5.39. The SMILES string of the molecule is C[C@H]1[C@H](C)CCC[C@H]1NC(=O)CSc1n[nH]c2nc3ccccc3n12. The summed E-state index contributed by atoms with van der Waals surface area (Å²) in [6, 6.07) is 8.23. The molecule has 0 bridgehead atoms. The molecule has 2 N–H and O–H groups in total. The first kappa shape index (κ1) is 16.4. The highest BCUT2D eigenvalue weighted by molar-refractivity contribution is 7.99. The fourth-order valence-corrected chi connectivity index (χ4v) is 4.47. The van der Waals surface area contributed by atoms with E-state index in [-0.39, 0.29) is 5.91 Å². The van der Waals surface area contributed by atoms with Crippen LogP contribution in [0, 0.1) is 11.8 Å². The maximum atomic E-state index is 12.4. The molecule has 3 aromatic rings. The van der Waals surface area contributed by atoms with Crippen molar-refractivity contribution < 1.29 is 4.79 Å². The zero-order chi connectivity index (χ0) is 17.4. The molecular weight excluding hydrogens is 334 g/mol. The Kier molecular flexibility index (Phi) is 4.41. The standard InChI is InChI=1S/C18H23N5OS/c1-11-6-5-8-13(12(11)2)19-16(24)10-25-18-22-21-17-20-14-7-3-4-9-15(14)23(17)18/h3-4,7,9,11-13H,5-6,8,10H2,1-2H3,(H,19,24)(H,20,21)/t11-,12+,13-/m1/s1. The van der Waals surface area contributed by atoms with Crippen LogP contribution in [-0.4, -0.2) is 37.3 Å². The number of fused-ring (bicyclic) bond motifs is 3. The van der Waals surface area contributed by atoms with Crippen LogP contribution in [0.5, 0.6) is 0 Å². The minimum atomic E-state index is 0.0801. The third kappa shape index (κ3) is 3.13. The fraction of sp³-hybridized carbons (Fsp3) is 0.500. The minimum Gasteiger partial charge on any atom is -0.352 e. The Bertz CT molecular complexity index is 901. The summed E-state index contributed by atoms with van der Waals surface area (Å²) in [5, 5.41) is 11.2. The lowest BCUT2D eigenvalue weighted by Gasteiger charge is -2.34. The highest BCUT2D eigenvalue weighted by atomic mass is 32.2. The van der Waals surface area contributed by atoms with Crippen molar-refractivity contribution in [3.63, 3.8) is 0 Å². The number of benzene rings is 1. The van der Waals surface area contributed by atoms with Gasteiger partial charge in [-0.25, -0.2) is 10.1 Å². The molecule has 0 aliphatic heterocycles. The van der Waals surface area contributed by atoms with E-state index in [2.05, 4.69) is 34.3 Å². The van der Waals surface area contributed by atoms with Crippen LogP contribution in [0.4, 0.5) is 0 Å².